The first-order chi connectivity index (χ1) is 6.86. The molecule has 82 valence electrons. The van der Waals surface area contributed by atoms with Crippen molar-refractivity contribution in [3.63, 3.8) is 0 Å². The van der Waals surface area contributed by atoms with Gasteiger partial charge in [0.1, 0.15) is 11.5 Å². The van der Waals surface area contributed by atoms with Gasteiger partial charge in [0.2, 0.25) is 0 Å². The van der Waals surface area contributed by atoms with Crippen molar-refractivity contribution in [2.45, 2.75) is 6.42 Å². The molecule has 0 N–H and O–H groups in total. The summed E-state index contributed by atoms with van der Waals surface area (Å²) in [4.78, 5) is 4.24. The first-order valence-corrected chi connectivity index (χ1v) is 4.60. The van der Waals surface area contributed by atoms with Crippen molar-refractivity contribution < 1.29 is 9.47 Å². The summed E-state index contributed by atoms with van der Waals surface area (Å²) in [6.45, 7) is 0.830. The lowest BCUT2D eigenvalue weighted by molar-refractivity contribution is 0.398. The summed E-state index contributed by atoms with van der Waals surface area (Å²) in [6.07, 6.45) is 2.78. The SMILES string of the molecule is COc1ccc(OC)c2c1C=NCC2.Cl. The molecule has 0 bridgehead atoms. The molecule has 0 fully saturated rings. The lowest BCUT2D eigenvalue weighted by Gasteiger charge is -2.16. The molecule has 0 aliphatic carbocycles. The largest absolute Gasteiger partial charge is 0.496 e. The van der Waals surface area contributed by atoms with Crippen LogP contribution < -0.4 is 9.47 Å². The summed E-state index contributed by atoms with van der Waals surface area (Å²) >= 11 is 0. The maximum atomic E-state index is 5.29. The van der Waals surface area contributed by atoms with Crippen LogP contribution in [0, 0.1) is 0 Å². The Kier molecular flexibility index (Phi) is 3.97. The van der Waals surface area contributed by atoms with Crippen LogP contribution in [0.25, 0.3) is 0 Å². The molecule has 1 aliphatic rings. The monoisotopic (exact) mass is 227 g/mol. The topological polar surface area (TPSA) is 30.8 Å². The highest BCUT2D eigenvalue weighted by atomic mass is 35.5. The standard InChI is InChI=1S/C11H13NO2.ClH/c1-13-10-3-4-11(14-2)9-7-12-6-5-8(9)10;/h3-4,7H,5-6H2,1-2H3;1H. The molecule has 0 unspecified atom stereocenters. The van der Waals surface area contributed by atoms with E-state index in [1.165, 1.54) is 5.56 Å². The molecule has 0 atom stereocenters. The van der Waals surface area contributed by atoms with Gasteiger partial charge >= 0.3 is 0 Å². The highest BCUT2D eigenvalue weighted by Gasteiger charge is 2.15. The molecule has 1 aromatic rings. The lowest BCUT2D eigenvalue weighted by atomic mass is 10.0. The average molecular weight is 228 g/mol. The van der Waals surface area contributed by atoms with Gasteiger partial charge in [-0.25, -0.2) is 0 Å². The number of ether oxygens (including phenoxy) is 2. The van der Waals surface area contributed by atoms with Crippen LogP contribution in [-0.4, -0.2) is 27.0 Å². The highest BCUT2D eigenvalue weighted by molar-refractivity contribution is 5.88. The maximum Gasteiger partial charge on any atom is 0.128 e. The molecule has 3 nitrogen and oxygen atoms in total. The van der Waals surface area contributed by atoms with Gasteiger partial charge in [0.05, 0.1) is 14.2 Å². The molecular formula is C11H14ClNO2. The smallest absolute Gasteiger partial charge is 0.128 e. The Hall–Kier alpha value is -1.22. The van der Waals surface area contributed by atoms with Crippen LogP contribution >= 0.6 is 12.4 Å². The fourth-order valence-corrected chi connectivity index (χ4v) is 1.72. The molecule has 0 radical (unpaired) electrons. The zero-order valence-electron chi connectivity index (χ0n) is 8.82. The van der Waals surface area contributed by atoms with Gasteiger partial charge in [-0.1, -0.05) is 0 Å². The molecule has 2 rings (SSSR count). The zero-order valence-corrected chi connectivity index (χ0v) is 9.63. The van der Waals surface area contributed by atoms with Crippen LogP contribution in [-0.2, 0) is 6.42 Å². The number of halogens is 1. The molecule has 1 heterocycles. The van der Waals surface area contributed by atoms with Gasteiger partial charge in [-0.15, -0.1) is 12.4 Å². The second kappa shape index (κ2) is 5.03. The number of hydrogen-bond donors (Lipinski definition) is 0. The van der Waals surface area contributed by atoms with Crippen molar-refractivity contribution in [1.29, 1.82) is 0 Å². The van der Waals surface area contributed by atoms with Gasteiger partial charge in [0.25, 0.3) is 0 Å². The molecule has 0 saturated heterocycles. The Labute approximate surface area is 95.5 Å². The Balaban J connectivity index is 0.00000112. The van der Waals surface area contributed by atoms with E-state index >= 15 is 0 Å². The van der Waals surface area contributed by atoms with Crippen molar-refractivity contribution >= 4 is 18.6 Å². The second-order valence-electron chi connectivity index (χ2n) is 3.15. The number of fused-ring (bicyclic) bond motifs is 1. The summed E-state index contributed by atoms with van der Waals surface area (Å²) < 4.78 is 10.6. The highest BCUT2D eigenvalue weighted by Crippen LogP contribution is 2.31. The molecule has 0 aromatic heterocycles. The van der Waals surface area contributed by atoms with E-state index in [0.717, 1.165) is 30.0 Å². The predicted molar refractivity (Wildman–Crippen MR) is 63.0 cm³/mol. The van der Waals surface area contributed by atoms with E-state index in [4.69, 9.17) is 9.47 Å². The Morgan fingerprint density at radius 3 is 2.47 bits per heavy atom. The molecule has 1 aromatic carbocycles. The second-order valence-corrected chi connectivity index (χ2v) is 3.15. The number of rotatable bonds is 2. The third-order valence-corrected chi connectivity index (χ3v) is 2.43. The molecule has 0 saturated carbocycles. The van der Waals surface area contributed by atoms with Crippen LogP contribution in [0.5, 0.6) is 11.5 Å². The molecule has 1 aliphatic heterocycles. The number of benzene rings is 1. The fourth-order valence-electron chi connectivity index (χ4n) is 1.72. The summed E-state index contributed by atoms with van der Waals surface area (Å²) in [5.74, 6) is 1.79. The van der Waals surface area contributed by atoms with E-state index < -0.39 is 0 Å². The van der Waals surface area contributed by atoms with Gasteiger partial charge in [-0.3, -0.25) is 4.99 Å². The van der Waals surface area contributed by atoms with Crippen LogP contribution in [0.15, 0.2) is 17.1 Å². The summed E-state index contributed by atoms with van der Waals surface area (Å²) in [7, 11) is 3.36. The van der Waals surface area contributed by atoms with Gasteiger partial charge in [-0.2, -0.15) is 0 Å². The van der Waals surface area contributed by atoms with Crippen molar-refractivity contribution in [3.8, 4) is 11.5 Å². The summed E-state index contributed by atoms with van der Waals surface area (Å²) in [5, 5.41) is 0. The lowest BCUT2D eigenvalue weighted by Crippen LogP contribution is -2.07. The Bertz CT molecular complexity index is 377. The van der Waals surface area contributed by atoms with E-state index in [1.807, 2.05) is 18.3 Å². The van der Waals surface area contributed by atoms with Gasteiger partial charge < -0.3 is 9.47 Å². The minimum absolute atomic E-state index is 0. The third-order valence-electron chi connectivity index (χ3n) is 2.43. The molecule has 15 heavy (non-hydrogen) atoms. The third kappa shape index (κ3) is 2.07. The van der Waals surface area contributed by atoms with E-state index in [-0.39, 0.29) is 12.4 Å². The van der Waals surface area contributed by atoms with Gasteiger partial charge in [0, 0.05) is 23.9 Å². The minimum atomic E-state index is 0. The van der Waals surface area contributed by atoms with E-state index in [1.54, 1.807) is 14.2 Å². The van der Waals surface area contributed by atoms with Crippen LogP contribution in [0.3, 0.4) is 0 Å². The Morgan fingerprint density at radius 2 is 1.80 bits per heavy atom. The van der Waals surface area contributed by atoms with Gasteiger partial charge in [0.15, 0.2) is 0 Å². The molecule has 0 spiro atoms. The van der Waals surface area contributed by atoms with Crippen LogP contribution in [0.4, 0.5) is 0 Å². The van der Waals surface area contributed by atoms with Crippen molar-refractivity contribution in [1.82, 2.24) is 0 Å². The number of methoxy groups -OCH3 is 2. The summed E-state index contributed by atoms with van der Waals surface area (Å²) in [5.41, 5.74) is 2.25. The van der Waals surface area contributed by atoms with Crippen LogP contribution in [0.2, 0.25) is 0 Å². The van der Waals surface area contributed by atoms with Gasteiger partial charge in [-0.05, 0) is 18.6 Å². The fraction of sp³-hybridized carbons (Fsp3) is 0.364. The number of aliphatic imine (C=N–C) groups is 1. The quantitative estimate of drug-likeness (QED) is 0.775. The maximum absolute atomic E-state index is 5.29. The first-order valence-electron chi connectivity index (χ1n) is 4.60. The first kappa shape index (κ1) is 11.9. The molecule has 4 heteroatoms. The van der Waals surface area contributed by atoms with E-state index in [2.05, 4.69) is 4.99 Å². The molecule has 0 amide bonds. The van der Waals surface area contributed by atoms with Crippen molar-refractivity contribution in [2.24, 2.45) is 4.99 Å². The average Bonchev–Trinajstić information content (AvgIpc) is 2.27. The number of hydrogen-bond acceptors (Lipinski definition) is 3. The van der Waals surface area contributed by atoms with E-state index in [9.17, 15) is 0 Å². The zero-order chi connectivity index (χ0) is 9.97. The normalized spacial score (nSPS) is 12.7. The predicted octanol–water partition coefficient (Wildman–Crippen LogP) is 2.10. The summed E-state index contributed by atoms with van der Waals surface area (Å²) in [6, 6.07) is 3.85. The van der Waals surface area contributed by atoms with Crippen LogP contribution in [0.1, 0.15) is 11.1 Å². The minimum Gasteiger partial charge on any atom is -0.496 e. The van der Waals surface area contributed by atoms with Crippen molar-refractivity contribution in [2.75, 3.05) is 20.8 Å². The molecular weight excluding hydrogens is 214 g/mol. The van der Waals surface area contributed by atoms with E-state index in [0.29, 0.717) is 0 Å². The number of nitrogens with zero attached hydrogens (tertiary/aromatic N) is 1. The Morgan fingerprint density at radius 1 is 1.13 bits per heavy atom. The van der Waals surface area contributed by atoms with Crippen molar-refractivity contribution in [3.05, 3.63) is 23.3 Å².